The third kappa shape index (κ3) is 22.4. The van der Waals surface area contributed by atoms with Crippen molar-refractivity contribution in [1.29, 1.82) is 0 Å². The van der Waals surface area contributed by atoms with Gasteiger partial charge in [0.25, 0.3) is 0 Å². The number of nitrogens with one attached hydrogen (secondary N) is 2. The summed E-state index contributed by atoms with van der Waals surface area (Å²) in [5.74, 6) is -8.41. The highest BCUT2D eigenvalue weighted by Gasteiger charge is 2.53. The number of likely N-dealkylation sites (N-methyl/N-ethyl adjacent to an activating group) is 1. The number of hydrogen-bond donors (Lipinski definition) is 16. The molecule has 1 unspecified atom stereocenters. The number of allylic oxidation sites excluding steroid dienone is 12. The lowest BCUT2D eigenvalue weighted by Gasteiger charge is -2.47. The molecule has 462 valence electrons. The van der Waals surface area contributed by atoms with Crippen LogP contribution in [-0.4, -0.2) is 250 Å². The van der Waals surface area contributed by atoms with Gasteiger partial charge in [-0.1, -0.05) is 98.9 Å². The monoisotopic (exact) mass is 1160 g/mol. The van der Waals surface area contributed by atoms with E-state index in [0.717, 1.165) is 0 Å². The number of carbonyl (C=O) groups excluding carboxylic acids is 2. The van der Waals surface area contributed by atoms with E-state index in [1.807, 2.05) is 17.9 Å². The fourth-order valence-electron chi connectivity index (χ4n) is 10.0. The van der Waals surface area contributed by atoms with E-state index in [0.29, 0.717) is 6.54 Å². The quantitative estimate of drug-likeness (QED) is 0.108. The molecule has 4 rings (SSSR count). The largest absolute Gasteiger partial charge is 0.462 e. The molecule has 3 saturated heterocycles. The Balaban J connectivity index is 1.65. The maximum Gasteiger partial charge on any atom is 0.308 e. The van der Waals surface area contributed by atoms with Crippen molar-refractivity contribution in [3.8, 4) is 0 Å². The Morgan fingerprint density at radius 3 is 1.86 bits per heavy atom. The number of rotatable bonds is 9. The maximum atomic E-state index is 14.0. The SMILES string of the molecule is C[C@@H]1[C@H](O)[C@@H](C)/C=C/C=C/C=C/C=C/C=C/C=C/C=C/[C@H](O[C@@H]2O[C@H](C)[C@@H](O)[C@H](NCC3(O)OC[C@@H](O)[C@H](O)[C@@H]3O)[C@@H]2O)C[C@@H]2O[C@](O)(C[C@@H](O)[C@H](O)CC[C@@H](O)C[C@@H](O)C[C@@H](O)CC(=O)O[C@H]1C)C[C@H](O)[C@H]2C(=O)NCCN(C)C. The molecule has 0 aliphatic carbocycles. The van der Waals surface area contributed by atoms with Gasteiger partial charge < -0.3 is 111 Å². The van der Waals surface area contributed by atoms with Crippen molar-refractivity contribution in [3.05, 3.63) is 85.1 Å². The topological polar surface area (TPSA) is 391 Å². The molecule has 0 aromatic heterocycles. The van der Waals surface area contributed by atoms with Crippen LogP contribution in [0.15, 0.2) is 85.1 Å². The van der Waals surface area contributed by atoms with Gasteiger partial charge in [-0.15, -0.1) is 0 Å². The second kappa shape index (κ2) is 33.7. The van der Waals surface area contributed by atoms with Gasteiger partial charge in [0, 0.05) is 44.2 Å². The van der Waals surface area contributed by atoms with Crippen molar-refractivity contribution < 1.29 is 105 Å². The average molecular weight is 1160 g/mol. The third-order valence-corrected chi connectivity index (χ3v) is 15.1. The van der Waals surface area contributed by atoms with Gasteiger partial charge in [0.05, 0.1) is 98.7 Å². The molecule has 3 fully saturated rings. The van der Waals surface area contributed by atoms with Gasteiger partial charge >= 0.3 is 5.97 Å². The number of nitrogens with zero attached hydrogens (tertiary/aromatic N) is 1. The van der Waals surface area contributed by atoms with Crippen LogP contribution in [0.4, 0.5) is 0 Å². The lowest BCUT2D eigenvalue weighted by molar-refractivity contribution is -0.323. The van der Waals surface area contributed by atoms with Crippen LogP contribution in [0.5, 0.6) is 0 Å². The molecule has 24 nitrogen and oxygen atoms in total. The minimum atomic E-state index is -2.46. The van der Waals surface area contributed by atoms with E-state index in [1.165, 1.54) is 13.0 Å². The zero-order valence-electron chi connectivity index (χ0n) is 47.3. The van der Waals surface area contributed by atoms with Crippen LogP contribution in [0.2, 0.25) is 0 Å². The Morgan fingerprint density at radius 2 is 1.25 bits per heavy atom. The molecular formula is C57H93N3O21. The maximum absolute atomic E-state index is 14.0. The Labute approximate surface area is 474 Å². The summed E-state index contributed by atoms with van der Waals surface area (Å²) in [4.78, 5) is 28.5. The van der Waals surface area contributed by atoms with E-state index < -0.39 is 178 Å². The average Bonchev–Trinajstić information content (AvgIpc) is 3.38. The molecule has 24 heteroatoms. The minimum Gasteiger partial charge on any atom is -0.462 e. The molecule has 0 radical (unpaired) electrons. The summed E-state index contributed by atoms with van der Waals surface area (Å²) < 4.78 is 29.3. The zero-order valence-corrected chi connectivity index (χ0v) is 47.3. The summed E-state index contributed by atoms with van der Waals surface area (Å²) in [7, 11) is 3.59. The first-order chi connectivity index (χ1) is 38.1. The smallest absolute Gasteiger partial charge is 0.308 e. The Kier molecular flexibility index (Phi) is 29.1. The molecule has 4 aliphatic heterocycles. The molecule has 0 aromatic carbocycles. The zero-order chi connectivity index (χ0) is 60.2. The number of aliphatic hydroxyl groups excluding tert-OH is 12. The van der Waals surface area contributed by atoms with E-state index in [-0.39, 0.29) is 44.6 Å². The molecule has 1 amide bonds. The van der Waals surface area contributed by atoms with Crippen molar-refractivity contribution in [2.45, 2.75) is 201 Å². The highest BCUT2D eigenvalue weighted by Crippen LogP contribution is 2.38. The summed E-state index contributed by atoms with van der Waals surface area (Å²) in [6.45, 7) is 6.05. The van der Waals surface area contributed by atoms with Gasteiger partial charge in [-0.25, -0.2) is 0 Å². The number of fused-ring (bicyclic) bond motifs is 2. The first-order valence-electron chi connectivity index (χ1n) is 27.9. The third-order valence-electron chi connectivity index (χ3n) is 15.1. The number of esters is 1. The van der Waals surface area contributed by atoms with Crippen molar-refractivity contribution in [2.75, 3.05) is 40.3 Å². The van der Waals surface area contributed by atoms with Crippen LogP contribution in [0.1, 0.15) is 79.1 Å². The second-order valence-electron chi connectivity index (χ2n) is 22.3. The first-order valence-corrected chi connectivity index (χ1v) is 27.9. The van der Waals surface area contributed by atoms with E-state index >= 15 is 0 Å². The van der Waals surface area contributed by atoms with Crippen molar-refractivity contribution in [3.63, 3.8) is 0 Å². The number of hydrogen-bond acceptors (Lipinski definition) is 23. The Morgan fingerprint density at radius 1 is 0.667 bits per heavy atom. The van der Waals surface area contributed by atoms with Gasteiger partial charge in [-0.2, -0.15) is 0 Å². The van der Waals surface area contributed by atoms with Crippen LogP contribution >= 0.6 is 0 Å². The number of ether oxygens (including phenoxy) is 5. The summed E-state index contributed by atoms with van der Waals surface area (Å²) >= 11 is 0. The Bertz CT molecular complexity index is 2110. The van der Waals surface area contributed by atoms with Gasteiger partial charge in [-0.3, -0.25) is 9.59 Å². The van der Waals surface area contributed by atoms with Gasteiger partial charge in [0.15, 0.2) is 12.1 Å². The molecule has 0 aromatic rings. The second-order valence-corrected chi connectivity index (χ2v) is 22.3. The molecule has 4 aliphatic rings. The molecule has 16 N–H and O–H groups in total. The predicted octanol–water partition coefficient (Wildman–Crippen LogP) is -2.26. The number of cyclic esters (lactones) is 1. The van der Waals surface area contributed by atoms with E-state index in [1.54, 1.807) is 101 Å². The van der Waals surface area contributed by atoms with Crippen molar-refractivity contribution in [1.82, 2.24) is 15.5 Å². The van der Waals surface area contributed by atoms with Crippen LogP contribution in [0.25, 0.3) is 0 Å². The standard InChI is InChI=1S/C57H93N3O21/c1-33-19-17-15-13-11-9-7-8-10-12-14-16-18-20-40(80-55-52(72)48(50(70)36(4)79-55)59-32-57(76)53(73)51(71)44(67)31-77-57)28-45-47(54(74)58-23-24-60(5)6)43(66)30-56(75,81-45)29-42(65)41(64)22-21-37(61)25-38(62)26-39(63)27-46(68)78-35(3)34(2)49(33)69/h7-20,33-45,47-53,55,59,61-67,69-73,75-76H,21-32H2,1-6H3,(H,58,74)/b8-7+,11-9+,12-10+,15-13+,16-14+,19-17+,20-18+/t33-,34-,35-,36+,37+,38+,39+,40-,41+,42+,43-,44+,45-,47+,48-,49+,50+,51-,52-,53-,55-,56+,57?/m0/s1. The molecule has 23 atom stereocenters. The summed E-state index contributed by atoms with van der Waals surface area (Å²) in [6, 6.07) is -1.34. The van der Waals surface area contributed by atoms with Crippen molar-refractivity contribution in [2.24, 2.45) is 17.8 Å². The molecular weight excluding hydrogens is 1060 g/mol. The van der Waals surface area contributed by atoms with Crippen LogP contribution < -0.4 is 10.6 Å². The first kappa shape index (κ1) is 69.8. The number of aliphatic hydroxyl groups is 14. The normalized spacial score (nSPS) is 44.7. The highest BCUT2D eigenvalue weighted by molar-refractivity contribution is 5.80. The summed E-state index contributed by atoms with van der Waals surface area (Å²) in [6.07, 6.45) is -2.97. The summed E-state index contributed by atoms with van der Waals surface area (Å²) in [5.41, 5.74) is 0. The predicted molar refractivity (Wildman–Crippen MR) is 294 cm³/mol. The van der Waals surface area contributed by atoms with Gasteiger partial charge in [0.1, 0.15) is 30.5 Å². The van der Waals surface area contributed by atoms with Crippen LogP contribution in [-0.2, 0) is 33.3 Å². The van der Waals surface area contributed by atoms with Crippen molar-refractivity contribution >= 4 is 11.9 Å². The highest BCUT2D eigenvalue weighted by atomic mass is 16.7. The van der Waals surface area contributed by atoms with Crippen LogP contribution in [0.3, 0.4) is 0 Å². The Hall–Kier alpha value is -3.68. The number of carbonyl (C=O) groups is 2. The van der Waals surface area contributed by atoms with E-state index in [2.05, 4.69) is 10.6 Å². The minimum absolute atomic E-state index is 0.158. The van der Waals surface area contributed by atoms with Crippen LogP contribution in [0, 0.1) is 17.8 Å². The lowest BCUT2D eigenvalue weighted by Crippen LogP contribution is -2.69. The van der Waals surface area contributed by atoms with Gasteiger partial charge in [0.2, 0.25) is 11.7 Å². The van der Waals surface area contributed by atoms with E-state index in [9.17, 15) is 81.1 Å². The fourth-order valence-corrected chi connectivity index (χ4v) is 10.0. The molecule has 81 heavy (non-hydrogen) atoms. The van der Waals surface area contributed by atoms with Gasteiger partial charge in [-0.05, 0) is 53.6 Å². The fraction of sp³-hybridized carbons (Fsp3) is 0.719. The number of amides is 1. The lowest BCUT2D eigenvalue weighted by atomic mass is 9.82. The van der Waals surface area contributed by atoms with E-state index in [4.69, 9.17) is 23.7 Å². The molecule has 0 saturated carbocycles. The molecule has 2 bridgehead atoms. The molecule has 0 spiro atoms. The molecule has 4 heterocycles. The summed E-state index contributed by atoms with van der Waals surface area (Å²) in [5, 5.41) is 160.